The Morgan fingerprint density at radius 2 is 1.84 bits per heavy atom. The van der Waals surface area contributed by atoms with Crippen LogP contribution in [0.1, 0.15) is 11.1 Å². The maximum atomic E-state index is 14.5. The quantitative estimate of drug-likeness (QED) is 0.190. The van der Waals surface area contributed by atoms with E-state index >= 15 is 0 Å². The van der Waals surface area contributed by atoms with E-state index in [1.807, 2.05) is 0 Å². The molecule has 1 aromatic heterocycles. The number of alkyl halides is 3. The van der Waals surface area contributed by atoms with Crippen molar-refractivity contribution in [3.8, 4) is 11.6 Å². The van der Waals surface area contributed by atoms with Crippen LogP contribution in [0.4, 0.5) is 33.3 Å². The molecule has 0 aliphatic heterocycles. The van der Waals surface area contributed by atoms with Crippen molar-refractivity contribution in [2.45, 2.75) is 6.18 Å². The molecule has 6 nitrogen and oxygen atoms in total. The first-order valence-corrected chi connectivity index (χ1v) is 9.20. The summed E-state index contributed by atoms with van der Waals surface area (Å²) in [7, 11) is 0. The smallest absolute Gasteiger partial charge is 0.417 e. The predicted molar refractivity (Wildman–Crippen MR) is 109 cm³/mol. The highest BCUT2D eigenvalue weighted by Gasteiger charge is 2.31. The molecule has 2 aromatic carbocycles. The van der Waals surface area contributed by atoms with Gasteiger partial charge in [-0.3, -0.25) is 10.1 Å². The third-order valence-electron chi connectivity index (χ3n) is 3.94. The number of thiocarbonyl (C=S) groups is 1. The second-order valence-electron chi connectivity index (χ2n) is 6.13. The Labute approximate surface area is 186 Å². The van der Waals surface area contributed by atoms with E-state index in [0.717, 1.165) is 30.3 Å². The fourth-order valence-electron chi connectivity index (χ4n) is 2.42. The van der Waals surface area contributed by atoms with Gasteiger partial charge in [0.2, 0.25) is 5.88 Å². The molecule has 1 heterocycles. The minimum absolute atomic E-state index is 0.144. The molecule has 0 saturated heterocycles. The van der Waals surface area contributed by atoms with Gasteiger partial charge >= 0.3 is 6.18 Å². The van der Waals surface area contributed by atoms with Gasteiger partial charge in [0.25, 0.3) is 5.69 Å². The van der Waals surface area contributed by atoms with Crippen LogP contribution in [0.25, 0.3) is 0 Å². The first kappa shape index (κ1) is 23.3. The number of anilines is 1. The topological polar surface area (TPSA) is 77.3 Å². The average molecular weight is 490 g/mol. The highest BCUT2D eigenvalue weighted by Crippen LogP contribution is 2.35. The maximum Gasteiger partial charge on any atom is 0.417 e. The first-order valence-electron chi connectivity index (χ1n) is 8.41. The van der Waals surface area contributed by atoms with Crippen molar-refractivity contribution in [3.63, 3.8) is 0 Å². The van der Waals surface area contributed by atoms with Gasteiger partial charge in [-0.25, -0.2) is 13.8 Å². The number of benzene rings is 2. The lowest BCUT2D eigenvalue weighted by Crippen LogP contribution is -2.14. The van der Waals surface area contributed by atoms with E-state index in [-0.39, 0.29) is 27.9 Å². The predicted octanol–water partition coefficient (Wildman–Crippen LogP) is 6.52. The van der Waals surface area contributed by atoms with Gasteiger partial charge in [-0.1, -0.05) is 23.8 Å². The van der Waals surface area contributed by atoms with E-state index in [2.05, 4.69) is 10.3 Å². The van der Waals surface area contributed by atoms with Crippen molar-refractivity contribution in [3.05, 3.63) is 86.6 Å². The molecule has 0 spiro atoms. The Morgan fingerprint density at radius 1 is 1.12 bits per heavy atom. The molecule has 0 fully saturated rings. The van der Waals surface area contributed by atoms with Crippen molar-refractivity contribution in [2.75, 3.05) is 5.32 Å². The van der Waals surface area contributed by atoms with Gasteiger partial charge in [0.1, 0.15) is 27.4 Å². The number of aromatic nitrogens is 1. The summed E-state index contributed by atoms with van der Waals surface area (Å²) in [6.07, 6.45) is -4.13. The molecule has 0 amide bonds. The van der Waals surface area contributed by atoms with Crippen LogP contribution < -0.4 is 10.1 Å². The molecule has 13 heteroatoms. The van der Waals surface area contributed by atoms with Gasteiger partial charge in [-0.05, 0) is 24.3 Å². The van der Waals surface area contributed by atoms with Crippen LogP contribution in [0.5, 0.6) is 11.6 Å². The van der Waals surface area contributed by atoms with Crippen LogP contribution in [0.3, 0.4) is 0 Å². The van der Waals surface area contributed by atoms with Gasteiger partial charge in [-0.15, -0.1) is 0 Å². The minimum atomic E-state index is -4.65. The number of hydrogen-bond acceptors (Lipinski definition) is 5. The van der Waals surface area contributed by atoms with E-state index in [9.17, 15) is 32.1 Å². The third kappa shape index (κ3) is 5.26. The second-order valence-corrected chi connectivity index (χ2v) is 6.94. The fourth-order valence-corrected chi connectivity index (χ4v) is 2.89. The Morgan fingerprint density at radius 3 is 2.44 bits per heavy atom. The van der Waals surface area contributed by atoms with Gasteiger partial charge in [0.15, 0.2) is 0 Å². The maximum absolute atomic E-state index is 14.5. The number of ether oxygens (including phenoxy) is 1. The lowest BCUT2D eigenvalue weighted by molar-refractivity contribution is -0.384. The van der Waals surface area contributed by atoms with E-state index in [0.29, 0.717) is 12.3 Å². The summed E-state index contributed by atoms with van der Waals surface area (Å²) < 4.78 is 71.7. The molecule has 3 rings (SSSR count). The summed E-state index contributed by atoms with van der Waals surface area (Å²) in [6, 6.07) is 6.58. The summed E-state index contributed by atoms with van der Waals surface area (Å²) in [5.41, 5.74) is -2.01. The summed E-state index contributed by atoms with van der Waals surface area (Å²) in [6.45, 7) is 0. The molecule has 0 saturated carbocycles. The Bertz CT molecular complexity index is 1220. The van der Waals surface area contributed by atoms with Crippen molar-refractivity contribution in [1.82, 2.24) is 4.98 Å². The van der Waals surface area contributed by atoms with E-state index in [4.69, 9.17) is 28.6 Å². The monoisotopic (exact) mass is 489 g/mol. The highest BCUT2D eigenvalue weighted by molar-refractivity contribution is 7.81. The van der Waals surface area contributed by atoms with Gasteiger partial charge in [0, 0.05) is 24.4 Å². The molecule has 0 aliphatic carbocycles. The summed E-state index contributed by atoms with van der Waals surface area (Å²) in [5.74, 6) is -2.29. The number of nitrogens with zero attached hydrogens (tertiary/aromatic N) is 2. The zero-order valence-corrected chi connectivity index (χ0v) is 17.0. The fraction of sp³-hybridized carbons (Fsp3) is 0.0526. The zero-order valence-electron chi connectivity index (χ0n) is 15.4. The van der Waals surface area contributed by atoms with Crippen LogP contribution in [0, 0.1) is 21.7 Å². The van der Waals surface area contributed by atoms with E-state index in [1.165, 1.54) is 6.07 Å². The normalized spacial score (nSPS) is 11.2. The van der Waals surface area contributed by atoms with Crippen LogP contribution in [0.15, 0.2) is 48.7 Å². The molecular weight excluding hydrogens is 481 g/mol. The summed E-state index contributed by atoms with van der Waals surface area (Å²) in [4.78, 5) is 13.3. The molecule has 1 N–H and O–H groups in total. The van der Waals surface area contributed by atoms with Crippen molar-refractivity contribution in [2.24, 2.45) is 0 Å². The van der Waals surface area contributed by atoms with E-state index < -0.39 is 39.0 Å². The summed E-state index contributed by atoms with van der Waals surface area (Å²) >= 11 is 10.8. The molecule has 0 atom stereocenters. The molecule has 32 heavy (non-hydrogen) atoms. The number of halogens is 6. The zero-order chi connectivity index (χ0) is 23.6. The average Bonchev–Trinajstić information content (AvgIpc) is 2.70. The van der Waals surface area contributed by atoms with Gasteiger partial charge < -0.3 is 10.1 Å². The van der Waals surface area contributed by atoms with Crippen molar-refractivity contribution < 1.29 is 31.6 Å². The van der Waals surface area contributed by atoms with Crippen molar-refractivity contribution >= 4 is 40.2 Å². The molecule has 166 valence electrons. The number of pyridine rings is 1. The van der Waals surface area contributed by atoms with Crippen LogP contribution in [-0.2, 0) is 6.18 Å². The second kappa shape index (κ2) is 9.01. The number of nitro groups is 1. The third-order valence-corrected chi connectivity index (χ3v) is 4.54. The number of nitrogens with one attached hydrogen (secondary N) is 1. The van der Waals surface area contributed by atoms with E-state index in [1.54, 1.807) is 0 Å². The molecule has 0 aliphatic rings. The number of rotatable bonds is 5. The van der Waals surface area contributed by atoms with Gasteiger partial charge in [0.05, 0.1) is 21.7 Å². The van der Waals surface area contributed by atoms with Crippen molar-refractivity contribution in [1.29, 1.82) is 0 Å². The van der Waals surface area contributed by atoms with Crippen LogP contribution in [-0.4, -0.2) is 14.9 Å². The Kier molecular flexibility index (Phi) is 6.55. The molecule has 0 bridgehead atoms. The first-order chi connectivity index (χ1) is 15.0. The highest BCUT2D eigenvalue weighted by atomic mass is 35.5. The minimum Gasteiger partial charge on any atom is -0.437 e. The largest absolute Gasteiger partial charge is 0.437 e. The SMILES string of the molecule is O=[N+]([O-])c1ccc(F)c(C(=S)Nc2ccc(Oc3ncc(C(F)(F)F)cc3Cl)cc2F)c1. The van der Waals surface area contributed by atoms with Crippen LogP contribution in [0.2, 0.25) is 5.02 Å². The molecule has 3 aromatic rings. The van der Waals surface area contributed by atoms with Crippen LogP contribution >= 0.6 is 23.8 Å². The standard InChI is InChI=1S/C19H9ClF5N3O3S/c20-13-5-9(19(23,24)25)8-26-17(13)31-11-2-4-16(15(22)7-11)27-18(32)12-6-10(28(29)30)1-3-14(12)21/h1-8H,(H,27,32). The molecule has 0 radical (unpaired) electrons. The van der Waals surface area contributed by atoms with Gasteiger partial charge in [-0.2, -0.15) is 13.2 Å². The number of non-ortho nitro benzene ring substituents is 1. The Balaban J connectivity index is 1.78. The molecular formula is C19H9ClF5N3O3S. The lowest BCUT2D eigenvalue weighted by Gasteiger charge is -2.12. The lowest BCUT2D eigenvalue weighted by atomic mass is 10.1. The Hall–Kier alpha value is -3.38. The number of hydrogen-bond donors (Lipinski definition) is 1. The molecule has 0 unspecified atom stereocenters. The number of nitro benzene ring substituents is 1. The summed E-state index contributed by atoms with van der Waals surface area (Å²) in [5, 5.41) is 12.8.